The van der Waals surface area contributed by atoms with Crippen molar-refractivity contribution in [3.8, 4) is 0 Å². The van der Waals surface area contributed by atoms with E-state index in [9.17, 15) is 4.79 Å². The van der Waals surface area contributed by atoms with Crippen molar-refractivity contribution in [1.82, 2.24) is 15.5 Å². The minimum atomic E-state index is -0.270. The van der Waals surface area contributed by atoms with Gasteiger partial charge in [-0.2, -0.15) is 0 Å². The molecule has 28 heavy (non-hydrogen) atoms. The number of nitrogens with one attached hydrogen (secondary N) is 2. The summed E-state index contributed by atoms with van der Waals surface area (Å²) in [5, 5.41) is 6.53. The number of rotatable bonds is 6. The fraction of sp³-hybridized carbons (Fsp3) is 0.619. The summed E-state index contributed by atoms with van der Waals surface area (Å²) in [6, 6.07) is 7.71. The van der Waals surface area contributed by atoms with Gasteiger partial charge in [0.25, 0.3) is 5.91 Å². The number of guanidine groups is 1. The van der Waals surface area contributed by atoms with E-state index < -0.39 is 0 Å². The van der Waals surface area contributed by atoms with Crippen molar-refractivity contribution < 1.29 is 14.3 Å². The summed E-state index contributed by atoms with van der Waals surface area (Å²) in [5.74, 6) is 0.766. The molecule has 0 spiro atoms. The summed E-state index contributed by atoms with van der Waals surface area (Å²) < 4.78 is 11.1. The Morgan fingerprint density at radius 2 is 1.82 bits per heavy atom. The fourth-order valence-corrected chi connectivity index (χ4v) is 3.07. The molecule has 2 atom stereocenters. The van der Waals surface area contributed by atoms with Gasteiger partial charge in [0.1, 0.15) is 0 Å². The van der Waals surface area contributed by atoms with E-state index in [1.165, 1.54) is 0 Å². The van der Waals surface area contributed by atoms with Gasteiger partial charge in [-0.05, 0) is 45.4 Å². The first-order valence-corrected chi connectivity index (χ1v) is 9.77. The van der Waals surface area contributed by atoms with E-state index in [2.05, 4.69) is 15.6 Å². The van der Waals surface area contributed by atoms with E-state index in [-0.39, 0.29) is 23.7 Å². The summed E-state index contributed by atoms with van der Waals surface area (Å²) in [4.78, 5) is 18.8. The van der Waals surface area contributed by atoms with E-state index in [1.54, 1.807) is 14.2 Å². The second-order valence-corrected chi connectivity index (χ2v) is 7.91. The Labute approximate surface area is 168 Å². The number of carbonyl (C=O) groups is 1. The molecule has 1 aliphatic heterocycles. The number of hydrogen-bond acceptors (Lipinski definition) is 4. The predicted molar refractivity (Wildman–Crippen MR) is 112 cm³/mol. The third kappa shape index (κ3) is 6.49. The lowest BCUT2D eigenvalue weighted by molar-refractivity contribution is -0.0586. The summed E-state index contributed by atoms with van der Waals surface area (Å²) in [6.45, 7) is 10.6. The van der Waals surface area contributed by atoms with Crippen molar-refractivity contribution in [3.05, 3.63) is 35.4 Å². The molecule has 156 valence electrons. The molecule has 0 aliphatic carbocycles. The van der Waals surface area contributed by atoms with Gasteiger partial charge in [-0.15, -0.1) is 0 Å². The molecule has 2 N–H and O–H groups in total. The minimum absolute atomic E-state index is 0.0563. The topological polar surface area (TPSA) is 75.2 Å². The summed E-state index contributed by atoms with van der Waals surface area (Å²) >= 11 is 0. The Hall–Kier alpha value is -2.12. The molecular formula is C21H34N4O3. The average Bonchev–Trinajstić information content (AvgIpc) is 2.67. The van der Waals surface area contributed by atoms with Crippen LogP contribution in [-0.2, 0) is 16.0 Å². The van der Waals surface area contributed by atoms with Gasteiger partial charge in [-0.25, -0.2) is 0 Å². The highest BCUT2D eigenvalue weighted by Crippen LogP contribution is 2.15. The molecule has 7 nitrogen and oxygen atoms in total. The first kappa shape index (κ1) is 22.2. The van der Waals surface area contributed by atoms with Gasteiger partial charge in [0.2, 0.25) is 0 Å². The predicted octanol–water partition coefficient (Wildman–Crippen LogP) is 2.03. The maximum atomic E-state index is 12.7. The maximum absolute atomic E-state index is 12.7. The molecule has 0 saturated carbocycles. The number of morpholine rings is 1. The number of amides is 1. The van der Waals surface area contributed by atoms with Crippen LogP contribution in [0.3, 0.4) is 0 Å². The average molecular weight is 391 g/mol. The van der Waals surface area contributed by atoms with Crippen LogP contribution in [-0.4, -0.2) is 68.4 Å². The summed E-state index contributed by atoms with van der Waals surface area (Å²) in [5.41, 5.74) is 1.51. The number of ether oxygens (including phenoxy) is 2. The Balaban J connectivity index is 1.89. The van der Waals surface area contributed by atoms with Crippen LogP contribution < -0.4 is 10.6 Å². The lowest BCUT2D eigenvalue weighted by atomic mass is 10.1. The maximum Gasteiger partial charge on any atom is 0.254 e. The third-order valence-electron chi connectivity index (χ3n) is 4.83. The molecule has 0 radical (unpaired) electrons. The van der Waals surface area contributed by atoms with Crippen molar-refractivity contribution >= 4 is 11.9 Å². The molecule has 2 unspecified atom stereocenters. The lowest BCUT2D eigenvalue weighted by Crippen LogP contribution is -2.48. The van der Waals surface area contributed by atoms with Crippen molar-refractivity contribution in [2.45, 2.75) is 52.0 Å². The van der Waals surface area contributed by atoms with Crippen molar-refractivity contribution in [2.75, 3.05) is 33.8 Å². The van der Waals surface area contributed by atoms with Crippen LogP contribution in [0.2, 0.25) is 0 Å². The molecule has 1 heterocycles. The highest BCUT2D eigenvalue weighted by Gasteiger charge is 2.26. The van der Waals surface area contributed by atoms with E-state index in [1.807, 2.05) is 56.9 Å². The molecule has 0 aromatic heterocycles. The van der Waals surface area contributed by atoms with Gasteiger partial charge >= 0.3 is 0 Å². The third-order valence-corrected chi connectivity index (χ3v) is 4.83. The molecule has 7 heteroatoms. The second-order valence-electron chi connectivity index (χ2n) is 7.91. The van der Waals surface area contributed by atoms with Gasteiger partial charge in [-0.1, -0.05) is 12.1 Å². The van der Waals surface area contributed by atoms with Gasteiger partial charge in [0.05, 0.1) is 17.8 Å². The number of hydrogen-bond donors (Lipinski definition) is 2. The number of aliphatic imine (C=N–C) groups is 1. The summed E-state index contributed by atoms with van der Waals surface area (Å²) in [6.07, 6.45) is 0.136. The van der Waals surface area contributed by atoms with E-state index in [0.29, 0.717) is 37.7 Å². The molecule has 1 amide bonds. The number of methoxy groups -OCH3 is 1. The van der Waals surface area contributed by atoms with Crippen LogP contribution in [0.4, 0.5) is 0 Å². The molecular weight excluding hydrogens is 356 g/mol. The van der Waals surface area contributed by atoms with Crippen LogP contribution in [0.25, 0.3) is 0 Å². The molecule has 1 aliphatic rings. The highest BCUT2D eigenvalue weighted by molar-refractivity contribution is 5.94. The first-order chi connectivity index (χ1) is 13.2. The monoisotopic (exact) mass is 390 g/mol. The Bertz CT molecular complexity index is 663. The first-order valence-electron chi connectivity index (χ1n) is 9.77. The minimum Gasteiger partial charge on any atom is -0.377 e. The number of nitrogens with zero attached hydrogens (tertiary/aromatic N) is 2. The molecule has 1 fully saturated rings. The molecule has 1 saturated heterocycles. The van der Waals surface area contributed by atoms with Crippen molar-refractivity contribution in [2.24, 2.45) is 4.99 Å². The Kier molecular flexibility index (Phi) is 7.83. The van der Waals surface area contributed by atoms with E-state index in [0.717, 1.165) is 5.56 Å². The van der Waals surface area contributed by atoms with Gasteiger partial charge < -0.3 is 25.0 Å². The number of benzene rings is 1. The van der Waals surface area contributed by atoms with Crippen LogP contribution >= 0.6 is 0 Å². The van der Waals surface area contributed by atoms with Gasteiger partial charge in [-0.3, -0.25) is 9.79 Å². The van der Waals surface area contributed by atoms with Crippen molar-refractivity contribution in [3.63, 3.8) is 0 Å². The highest BCUT2D eigenvalue weighted by atomic mass is 16.5. The molecule has 0 bridgehead atoms. The smallest absolute Gasteiger partial charge is 0.254 e. The van der Waals surface area contributed by atoms with Crippen LogP contribution in [0.1, 0.15) is 43.6 Å². The largest absolute Gasteiger partial charge is 0.377 e. The Morgan fingerprint density at radius 3 is 2.36 bits per heavy atom. The van der Waals surface area contributed by atoms with Gasteiger partial charge in [0, 0.05) is 45.9 Å². The zero-order valence-electron chi connectivity index (χ0n) is 17.9. The lowest BCUT2D eigenvalue weighted by Gasteiger charge is -2.35. The Morgan fingerprint density at radius 1 is 1.21 bits per heavy atom. The second kappa shape index (κ2) is 9.89. The zero-order valence-corrected chi connectivity index (χ0v) is 17.9. The van der Waals surface area contributed by atoms with Crippen LogP contribution in [0.15, 0.2) is 29.3 Å². The molecule has 2 rings (SSSR count). The normalized spacial score (nSPS) is 20.8. The van der Waals surface area contributed by atoms with Crippen molar-refractivity contribution in [1.29, 1.82) is 0 Å². The quantitative estimate of drug-likeness (QED) is 0.574. The number of carbonyl (C=O) groups excluding carboxylic acids is 1. The van der Waals surface area contributed by atoms with Gasteiger partial charge in [0.15, 0.2) is 5.96 Å². The van der Waals surface area contributed by atoms with E-state index in [4.69, 9.17) is 9.47 Å². The SMILES string of the molecule is CN=C(NCc1ccc(C(=O)N2CC(C)OC(C)C2)cc1)NCC(C)(C)OC. The molecule has 1 aromatic rings. The standard InChI is InChI=1S/C21H34N4O3/c1-15-12-25(13-16(2)28-15)19(26)18-9-7-17(8-10-18)11-23-20(22-5)24-14-21(3,4)27-6/h7-10,15-16H,11-14H2,1-6H3,(H2,22,23,24). The van der Waals surface area contributed by atoms with E-state index >= 15 is 0 Å². The summed E-state index contributed by atoms with van der Waals surface area (Å²) in [7, 11) is 3.43. The van der Waals surface area contributed by atoms with Crippen LogP contribution in [0.5, 0.6) is 0 Å². The molecule has 1 aromatic carbocycles. The fourth-order valence-electron chi connectivity index (χ4n) is 3.07. The zero-order chi connectivity index (χ0) is 20.7. The van der Waals surface area contributed by atoms with Crippen LogP contribution in [0, 0.1) is 0 Å².